The van der Waals surface area contributed by atoms with Gasteiger partial charge in [0.25, 0.3) is 0 Å². The van der Waals surface area contributed by atoms with Gasteiger partial charge >= 0.3 is 0 Å². The molecule has 2 N–H and O–H groups in total. The van der Waals surface area contributed by atoms with E-state index in [2.05, 4.69) is 39.1 Å². The lowest BCUT2D eigenvalue weighted by Crippen LogP contribution is -2.46. The van der Waals surface area contributed by atoms with Crippen molar-refractivity contribution >= 4 is 16.8 Å². The van der Waals surface area contributed by atoms with Gasteiger partial charge in [-0.1, -0.05) is 43.7 Å². The summed E-state index contributed by atoms with van der Waals surface area (Å²) >= 11 is 0. The third-order valence-corrected chi connectivity index (χ3v) is 6.92. The van der Waals surface area contributed by atoms with Crippen molar-refractivity contribution < 1.29 is 4.21 Å². The highest BCUT2D eigenvalue weighted by molar-refractivity contribution is 7.85. The van der Waals surface area contributed by atoms with Gasteiger partial charge in [-0.3, -0.25) is 13.9 Å². The van der Waals surface area contributed by atoms with Gasteiger partial charge in [0.15, 0.2) is 5.96 Å². The fourth-order valence-electron chi connectivity index (χ4n) is 3.68. The van der Waals surface area contributed by atoms with Gasteiger partial charge in [0.1, 0.15) is 0 Å². The van der Waals surface area contributed by atoms with Crippen LogP contribution in [-0.4, -0.2) is 44.0 Å². The number of rotatable bonds is 7. The molecule has 0 amide bonds. The van der Waals surface area contributed by atoms with Gasteiger partial charge in [-0.15, -0.1) is 0 Å². The van der Waals surface area contributed by atoms with Crippen LogP contribution in [0.5, 0.6) is 0 Å². The molecule has 3 rings (SSSR count). The zero-order valence-electron chi connectivity index (χ0n) is 16.8. The van der Waals surface area contributed by atoms with Crippen LogP contribution in [0, 0.1) is 0 Å². The van der Waals surface area contributed by atoms with E-state index in [1.165, 1.54) is 5.56 Å². The Hall–Kier alpha value is -2.15. The molecule has 1 heterocycles. The minimum Gasteiger partial charge on any atom is -0.354 e. The predicted octanol–water partition coefficient (Wildman–Crippen LogP) is 2.68. The number of aliphatic imine (C=N–C) groups is 1. The monoisotopic (exact) mass is 401 g/mol. The fourth-order valence-corrected chi connectivity index (χ4v) is 5.03. The first-order valence-electron chi connectivity index (χ1n) is 10.1. The molecule has 1 aromatic carbocycles. The van der Waals surface area contributed by atoms with E-state index in [-0.39, 0.29) is 0 Å². The highest BCUT2D eigenvalue weighted by atomic mass is 32.2. The zero-order valence-corrected chi connectivity index (χ0v) is 17.6. The molecular weight excluding hydrogens is 370 g/mol. The van der Waals surface area contributed by atoms with Crippen molar-refractivity contribution in [3.63, 3.8) is 0 Å². The van der Waals surface area contributed by atoms with Gasteiger partial charge in [0.2, 0.25) is 0 Å². The number of nitrogens with zero attached hydrogens (tertiary/aromatic N) is 3. The number of hydrogen-bond donors (Lipinski definition) is 2. The maximum Gasteiger partial charge on any atom is 0.191 e. The Morgan fingerprint density at radius 2 is 2.11 bits per heavy atom. The quantitative estimate of drug-likeness (QED) is 0.553. The summed E-state index contributed by atoms with van der Waals surface area (Å²) < 4.78 is 14.1. The second-order valence-corrected chi connectivity index (χ2v) is 9.26. The Kier molecular flexibility index (Phi) is 7.65. The SMILES string of the molecule is CCS(=O)C1CCCC(NC(=NC)NCc2cnn(Cc3ccccc3)c2)C1. The van der Waals surface area contributed by atoms with Crippen LogP contribution >= 0.6 is 0 Å². The van der Waals surface area contributed by atoms with E-state index in [0.717, 1.165) is 49.5 Å². The Labute approximate surface area is 170 Å². The van der Waals surface area contributed by atoms with Crippen LogP contribution in [0.1, 0.15) is 43.7 Å². The lowest BCUT2D eigenvalue weighted by atomic mass is 9.95. The molecule has 0 spiro atoms. The molecule has 1 saturated carbocycles. The standard InChI is InChI=1S/C21H31N5OS/c1-3-28(27)20-11-7-10-19(12-20)25-21(22-2)23-13-18-14-24-26(16-18)15-17-8-5-4-6-9-17/h4-6,8-9,14,16,19-20H,3,7,10-13,15H2,1-2H3,(H2,22,23,25). The Morgan fingerprint density at radius 3 is 2.86 bits per heavy atom. The second kappa shape index (κ2) is 10.4. The number of guanidine groups is 1. The third kappa shape index (κ3) is 5.92. The molecule has 1 aliphatic rings. The molecule has 1 fully saturated rings. The van der Waals surface area contributed by atoms with Crippen molar-refractivity contribution in [3.05, 3.63) is 53.9 Å². The average Bonchev–Trinajstić information content (AvgIpc) is 3.18. The summed E-state index contributed by atoms with van der Waals surface area (Å²) in [6.07, 6.45) is 8.21. The summed E-state index contributed by atoms with van der Waals surface area (Å²) in [4.78, 5) is 4.35. The highest BCUT2D eigenvalue weighted by Crippen LogP contribution is 2.23. The maximum absolute atomic E-state index is 12.1. The van der Waals surface area contributed by atoms with E-state index in [9.17, 15) is 4.21 Å². The summed E-state index contributed by atoms with van der Waals surface area (Å²) in [5.74, 6) is 1.54. The maximum atomic E-state index is 12.1. The van der Waals surface area contributed by atoms with Gasteiger partial charge < -0.3 is 10.6 Å². The minimum absolute atomic E-state index is 0.311. The first-order chi connectivity index (χ1) is 13.7. The molecule has 3 unspecified atom stereocenters. The molecule has 1 aliphatic carbocycles. The lowest BCUT2D eigenvalue weighted by molar-refractivity contribution is 0.413. The van der Waals surface area contributed by atoms with Crippen molar-refractivity contribution in [2.45, 2.75) is 57.0 Å². The Bertz CT molecular complexity index is 789. The van der Waals surface area contributed by atoms with Crippen molar-refractivity contribution in [1.29, 1.82) is 0 Å². The predicted molar refractivity (Wildman–Crippen MR) is 116 cm³/mol. The van der Waals surface area contributed by atoms with Crippen LogP contribution in [-0.2, 0) is 23.9 Å². The van der Waals surface area contributed by atoms with Crippen LogP contribution in [0.25, 0.3) is 0 Å². The molecule has 28 heavy (non-hydrogen) atoms. The molecule has 0 aliphatic heterocycles. The van der Waals surface area contributed by atoms with E-state index in [4.69, 9.17) is 0 Å². The third-order valence-electron chi connectivity index (χ3n) is 5.18. The first-order valence-corrected chi connectivity index (χ1v) is 11.5. The second-order valence-electron chi connectivity index (χ2n) is 7.26. The minimum atomic E-state index is -0.710. The van der Waals surface area contributed by atoms with Crippen molar-refractivity contribution in [1.82, 2.24) is 20.4 Å². The van der Waals surface area contributed by atoms with Gasteiger partial charge in [0, 0.05) is 53.2 Å². The zero-order chi connectivity index (χ0) is 19.8. The topological polar surface area (TPSA) is 71.3 Å². The molecule has 2 aromatic rings. The first kappa shape index (κ1) is 20.6. The fraction of sp³-hybridized carbons (Fsp3) is 0.524. The molecule has 0 saturated heterocycles. The number of aromatic nitrogens is 2. The van der Waals surface area contributed by atoms with Crippen LogP contribution in [0.2, 0.25) is 0 Å². The number of hydrogen-bond acceptors (Lipinski definition) is 3. The Balaban J connectivity index is 1.48. The van der Waals surface area contributed by atoms with Gasteiger partial charge in [-0.2, -0.15) is 5.10 Å². The van der Waals surface area contributed by atoms with Crippen molar-refractivity contribution in [2.75, 3.05) is 12.8 Å². The van der Waals surface area contributed by atoms with Crippen molar-refractivity contribution in [2.24, 2.45) is 4.99 Å². The van der Waals surface area contributed by atoms with Gasteiger partial charge in [-0.25, -0.2) is 0 Å². The lowest BCUT2D eigenvalue weighted by Gasteiger charge is -2.30. The summed E-state index contributed by atoms with van der Waals surface area (Å²) in [7, 11) is 1.08. The summed E-state index contributed by atoms with van der Waals surface area (Å²) in [5, 5.41) is 11.6. The van der Waals surface area contributed by atoms with E-state index in [1.54, 1.807) is 7.05 Å². The molecule has 6 nitrogen and oxygen atoms in total. The summed E-state index contributed by atoms with van der Waals surface area (Å²) in [6, 6.07) is 10.7. The Morgan fingerprint density at radius 1 is 1.29 bits per heavy atom. The molecule has 152 valence electrons. The number of benzene rings is 1. The van der Waals surface area contributed by atoms with E-state index >= 15 is 0 Å². The summed E-state index contributed by atoms with van der Waals surface area (Å²) in [6.45, 7) is 3.45. The van der Waals surface area contributed by atoms with Crippen LogP contribution < -0.4 is 10.6 Å². The van der Waals surface area contributed by atoms with Crippen LogP contribution in [0.3, 0.4) is 0 Å². The average molecular weight is 402 g/mol. The molecule has 1 aromatic heterocycles. The van der Waals surface area contributed by atoms with E-state index in [1.807, 2.05) is 36.0 Å². The van der Waals surface area contributed by atoms with Crippen molar-refractivity contribution in [3.8, 4) is 0 Å². The normalized spacial score (nSPS) is 21.3. The van der Waals surface area contributed by atoms with E-state index < -0.39 is 10.8 Å². The largest absolute Gasteiger partial charge is 0.354 e. The molecule has 0 radical (unpaired) electrons. The molecule has 0 bridgehead atoms. The molecule has 7 heteroatoms. The molecular formula is C21H31N5OS. The van der Waals surface area contributed by atoms with Gasteiger partial charge in [0.05, 0.1) is 12.7 Å². The highest BCUT2D eigenvalue weighted by Gasteiger charge is 2.26. The van der Waals surface area contributed by atoms with E-state index in [0.29, 0.717) is 17.8 Å². The summed E-state index contributed by atoms with van der Waals surface area (Å²) in [5.41, 5.74) is 2.35. The van der Waals surface area contributed by atoms with Gasteiger partial charge in [-0.05, 0) is 24.8 Å². The molecule has 3 atom stereocenters. The van der Waals surface area contributed by atoms with Crippen LogP contribution in [0.4, 0.5) is 0 Å². The smallest absolute Gasteiger partial charge is 0.191 e. The number of nitrogens with one attached hydrogen (secondary N) is 2. The van der Waals surface area contributed by atoms with Crippen LogP contribution in [0.15, 0.2) is 47.7 Å².